The van der Waals surface area contributed by atoms with Gasteiger partial charge in [0.2, 0.25) is 5.91 Å². The van der Waals surface area contributed by atoms with Crippen LogP contribution in [0, 0.1) is 10.1 Å². The van der Waals surface area contributed by atoms with Crippen LogP contribution in [-0.4, -0.2) is 29.3 Å². The Bertz CT molecular complexity index is 868. The van der Waals surface area contributed by atoms with Gasteiger partial charge in [-0.15, -0.1) is 0 Å². The van der Waals surface area contributed by atoms with Gasteiger partial charge in [-0.3, -0.25) is 24.5 Å². The molecule has 0 aromatic heterocycles. The first kappa shape index (κ1) is 21.5. The predicted octanol–water partition coefficient (Wildman–Crippen LogP) is 2.73. The third kappa shape index (κ3) is 7.41. The molecule has 0 aliphatic rings. The number of rotatable bonds is 9. The van der Waals surface area contributed by atoms with Gasteiger partial charge >= 0.3 is 5.97 Å². The van der Waals surface area contributed by atoms with Crippen molar-refractivity contribution >= 4 is 29.2 Å². The normalized spacial score (nSPS) is 11.2. The van der Waals surface area contributed by atoms with Crippen LogP contribution in [0.1, 0.15) is 31.4 Å². The third-order valence-corrected chi connectivity index (χ3v) is 3.96. The zero-order chi connectivity index (χ0) is 21.2. The number of ether oxygens (including phenoxy) is 1. The number of benzene rings is 2. The summed E-state index contributed by atoms with van der Waals surface area (Å²) in [5.41, 5.74) is 1.21. The third-order valence-electron chi connectivity index (χ3n) is 3.96. The van der Waals surface area contributed by atoms with Crippen LogP contribution >= 0.6 is 0 Å². The average molecular weight is 399 g/mol. The lowest BCUT2D eigenvalue weighted by Gasteiger charge is -2.14. The number of nitrogens with zero attached hydrogens (tertiary/aromatic N) is 1. The van der Waals surface area contributed by atoms with Gasteiger partial charge in [0.15, 0.2) is 6.61 Å². The highest BCUT2D eigenvalue weighted by Gasteiger charge is 2.13. The zero-order valence-corrected chi connectivity index (χ0v) is 15.8. The number of nitrogens with one attached hydrogen (secondary N) is 2. The van der Waals surface area contributed by atoms with E-state index >= 15 is 0 Å². The van der Waals surface area contributed by atoms with E-state index in [1.807, 2.05) is 37.3 Å². The second kappa shape index (κ2) is 10.5. The first-order valence-electron chi connectivity index (χ1n) is 8.89. The number of non-ortho nitro benzene ring substituents is 1. The first-order valence-corrected chi connectivity index (χ1v) is 8.89. The summed E-state index contributed by atoms with van der Waals surface area (Å²) in [4.78, 5) is 45.5. The quantitative estimate of drug-likeness (QED) is 0.379. The molecule has 152 valence electrons. The van der Waals surface area contributed by atoms with Gasteiger partial charge in [-0.05, 0) is 24.6 Å². The van der Waals surface area contributed by atoms with Crippen molar-refractivity contribution in [3.63, 3.8) is 0 Å². The van der Waals surface area contributed by atoms with Crippen LogP contribution < -0.4 is 10.6 Å². The maximum atomic E-state index is 11.9. The summed E-state index contributed by atoms with van der Waals surface area (Å²) in [7, 11) is 0. The van der Waals surface area contributed by atoms with E-state index in [-0.39, 0.29) is 24.6 Å². The molecule has 0 aliphatic carbocycles. The number of hydrogen-bond acceptors (Lipinski definition) is 6. The Morgan fingerprint density at radius 1 is 1.00 bits per heavy atom. The first-order chi connectivity index (χ1) is 13.8. The summed E-state index contributed by atoms with van der Waals surface area (Å²) in [6.45, 7) is 1.39. The van der Waals surface area contributed by atoms with Gasteiger partial charge in [-0.25, -0.2) is 0 Å². The van der Waals surface area contributed by atoms with Crippen LogP contribution in [0.5, 0.6) is 0 Å². The fourth-order valence-corrected chi connectivity index (χ4v) is 2.43. The van der Waals surface area contributed by atoms with Crippen molar-refractivity contribution in [1.29, 1.82) is 0 Å². The van der Waals surface area contributed by atoms with Crippen LogP contribution in [0.4, 0.5) is 11.4 Å². The van der Waals surface area contributed by atoms with Crippen LogP contribution in [-0.2, 0) is 19.1 Å². The van der Waals surface area contributed by atoms with Gasteiger partial charge < -0.3 is 15.4 Å². The molecule has 0 saturated heterocycles. The molecule has 9 nitrogen and oxygen atoms in total. The predicted molar refractivity (Wildman–Crippen MR) is 105 cm³/mol. The molecule has 0 unspecified atom stereocenters. The fourth-order valence-electron chi connectivity index (χ4n) is 2.43. The van der Waals surface area contributed by atoms with E-state index in [2.05, 4.69) is 10.6 Å². The van der Waals surface area contributed by atoms with Crippen molar-refractivity contribution in [2.75, 3.05) is 11.9 Å². The number of carbonyl (C=O) groups excluding carboxylic acids is 3. The molecule has 2 amide bonds. The molecule has 0 fully saturated rings. The average Bonchev–Trinajstić information content (AvgIpc) is 2.71. The Hall–Kier alpha value is -3.75. The number of esters is 1. The number of amides is 2. The molecule has 0 spiro atoms. The van der Waals surface area contributed by atoms with Crippen molar-refractivity contribution in [3.8, 4) is 0 Å². The topological polar surface area (TPSA) is 128 Å². The van der Waals surface area contributed by atoms with E-state index < -0.39 is 29.3 Å². The van der Waals surface area contributed by atoms with Gasteiger partial charge in [0.25, 0.3) is 11.6 Å². The monoisotopic (exact) mass is 399 g/mol. The van der Waals surface area contributed by atoms with Gasteiger partial charge in [0, 0.05) is 24.2 Å². The summed E-state index contributed by atoms with van der Waals surface area (Å²) < 4.78 is 4.88. The number of carbonyl (C=O) groups is 3. The molecular weight excluding hydrogens is 378 g/mol. The van der Waals surface area contributed by atoms with Gasteiger partial charge in [-0.2, -0.15) is 0 Å². The lowest BCUT2D eigenvalue weighted by molar-refractivity contribution is -0.384. The molecule has 0 saturated carbocycles. The van der Waals surface area contributed by atoms with Gasteiger partial charge in [0.1, 0.15) is 0 Å². The number of nitro benzene ring substituents is 1. The van der Waals surface area contributed by atoms with Crippen LogP contribution in [0.2, 0.25) is 0 Å². The maximum Gasteiger partial charge on any atom is 0.306 e. The van der Waals surface area contributed by atoms with Gasteiger partial charge in [-0.1, -0.05) is 30.3 Å². The second-order valence-corrected chi connectivity index (χ2v) is 6.21. The second-order valence-electron chi connectivity index (χ2n) is 6.21. The highest BCUT2D eigenvalue weighted by atomic mass is 16.6. The molecule has 0 bridgehead atoms. The Balaban J connectivity index is 1.67. The molecule has 0 heterocycles. The highest BCUT2D eigenvalue weighted by Crippen LogP contribution is 2.15. The minimum atomic E-state index is -0.675. The number of hydrogen-bond donors (Lipinski definition) is 2. The molecule has 9 heteroatoms. The number of nitro groups is 1. The van der Waals surface area contributed by atoms with Crippen LogP contribution in [0.3, 0.4) is 0 Å². The van der Waals surface area contributed by atoms with E-state index in [9.17, 15) is 24.5 Å². The summed E-state index contributed by atoms with van der Waals surface area (Å²) in [5.74, 6) is -1.56. The fraction of sp³-hybridized carbons (Fsp3) is 0.250. The Morgan fingerprint density at radius 2 is 1.66 bits per heavy atom. The van der Waals surface area contributed by atoms with E-state index in [1.54, 1.807) is 0 Å². The van der Waals surface area contributed by atoms with E-state index in [1.165, 1.54) is 24.3 Å². The van der Waals surface area contributed by atoms with Crippen molar-refractivity contribution in [3.05, 3.63) is 70.3 Å². The van der Waals surface area contributed by atoms with Crippen LogP contribution in [0.15, 0.2) is 54.6 Å². The van der Waals surface area contributed by atoms with Gasteiger partial charge in [0.05, 0.1) is 17.4 Å². The van der Waals surface area contributed by atoms with E-state index in [0.717, 1.165) is 5.56 Å². The Morgan fingerprint density at radius 3 is 2.28 bits per heavy atom. The summed E-state index contributed by atoms with van der Waals surface area (Å²) in [5, 5.41) is 15.8. The van der Waals surface area contributed by atoms with Crippen molar-refractivity contribution in [2.24, 2.45) is 0 Å². The van der Waals surface area contributed by atoms with Crippen LogP contribution in [0.25, 0.3) is 0 Å². The molecular formula is C20H21N3O6. The van der Waals surface area contributed by atoms with Crippen molar-refractivity contribution in [2.45, 2.75) is 25.8 Å². The highest BCUT2D eigenvalue weighted by molar-refractivity contribution is 5.92. The molecule has 29 heavy (non-hydrogen) atoms. The zero-order valence-electron chi connectivity index (χ0n) is 15.8. The largest absolute Gasteiger partial charge is 0.456 e. The van der Waals surface area contributed by atoms with E-state index in [0.29, 0.717) is 5.69 Å². The minimum Gasteiger partial charge on any atom is -0.456 e. The summed E-state index contributed by atoms with van der Waals surface area (Å²) >= 11 is 0. The number of anilines is 1. The molecule has 1 atom stereocenters. The molecule has 2 aromatic rings. The Labute approximate surface area is 167 Å². The van der Waals surface area contributed by atoms with E-state index in [4.69, 9.17) is 4.74 Å². The maximum absolute atomic E-state index is 11.9. The lowest BCUT2D eigenvalue weighted by Crippen LogP contribution is -2.31. The molecule has 2 rings (SSSR count). The van der Waals surface area contributed by atoms with Crippen molar-refractivity contribution < 1.29 is 24.0 Å². The summed E-state index contributed by atoms with van der Waals surface area (Å²) in [6, 6.07) is 14.4. The molecule has 2 aromatic carbocycles. The molecule has 0 aliphatic heterocycles. The minimum absolute atomic E-state index is 0.0913. The molecule has 2 N–H and O–H groups in total. The standard InChI is InChI=1S/C20H21N3O6/c1-14(15-5-3-2-4-6-15)21-19(25)13-29-20(26)12-11-18(24)22-16-7-9-17(10-8-16)23(27)28/h2-10,14H,11-13H2,1H3,(H,21,25)(H,22,24)/t14-/m0/s1. The molecule has 0 radical (unpaired) electrons. The Kier molecular flexibility index (Phi) is 7.84. The lowest BCUT2D eigenvalue weighted by atomic mass is 10.1. The SMILES string of the molecule is C[C@H](NC(=O)COC(=O)CCC(=O)Nc1ccc([N+](=O)[O-])cc1)c1ccccc1. The summed E-state index contributed by atoms with van der Waals surface area (Å²) in [6.07, 6.45) is -0.335. The smallest absolute Gasteiger partial charge is 0.306 e. The van der Waals surface area contributed by atoms with Crippen molar-refractivity contribution in [1.82, 2.24) is 5.32 Å².